The number of ether oxygens (including phenoxy) is 2. The van der Waals surface area contributed by atoms with Crippen LogP contribution in [-0.4, -0.2) is 54.4 Å². The zero-order valence-electron chi connectivity index (χ0n) is 15.2. The van der Waals surface area contributed by atoms with Crippen LogP contribution < -0.4 is 29.6 Å². The molecule has 0 fully saturated rings. The number of carboxylic acid groups (broad SMARTS) is 1. The Morgan fingerprint density at radius 3 is 1.54 bits per heavy atom. The second kappa shape index (κ2) is 16.0. The van der Waals surface area contributed by atoms with Gasteiger partial charge in [-0.3, -0.25) is 9.35 Å². The summed E-state index contributed by atoms with van der Waals surface area (Å²) in [4.78, 5) is 32.8. The normalized spacial score (nSPS) is 13.1. The first kappa shape index (κ1) is 29.6. The molecule has 0 heterocycles. The molecule has 2 N–H and O–H groups in total. The maximum atomic E-state index is 11.0. The zero-order chi connectivity index (χ0) is 20.0. The zero-order valence-corrected chi connectivity index (χ0v) is 18.1. The van der Waals surface area contributed by atoms with Crippen LogP contribution in [0.15, 0.2) is 24.3 Å². The van der Waals surface area contributed by atoms with Crippen LogP contribution in [0.5, 0.6) is 0 Å². The van der Waals surface area contributed by atoms with Gasteiger partial charge in [0, 0.05) is 12.2 Å². The molecule has 0 saturated carbocycles. The van der Waals surface area contributed by atoms with Gasteiger partial charge in [0.1, 0.15) is 19.1 Å². The van der Waals surface area contributed by atoms with Crippen LogP contribution in [-0.2, 0) is 34.0 Å². The first-order valence-electron chi connectivity index (χ1n) is 7.06. The first-order chi connectivity index (χ1) is 11.4. The summed E-state index contributed by atoms with van der Waals surface area (Å²) in [5, 5.41) is 7.92. The smallest absolute Gasteiger partial charge is 0.481 e. The van der Waals surface area contributed by atoms with Crippen LogP contribution in [0, 0.1) is 12.8 Å². The molecule has 26 heavy (non-hydrogen) atoms. The Balaban J connectivity index is -0.000000561. The quantitative estimate of drug-likeness (QED) is 0.155. The van der Waals surface area contributed by atoms with Crippen LogP contribution in [0.3, 0.4) is 0 Å². The molecular formula is C15H23NaO9S. The van der Waals surface area contributed by atoms with E-state index in [1.165, 1.54) is 31.2 Å². The van der Waals surface area contributed by atoms with E-state index in [1.54, 1.807) is 13.8 Å². The van der Waals surface area contributed by atoms with Crippen molar-refractivity contribution in [2.75, 3.05) is 13.2 Å². The van der Waals surface area contributed by atoms with Crippen LogP contribution in [0.4, 0.5) is 0 Å². The number of esters is 2. The number of aliphatic carboxylic acids is 1. The van der Waals surface area contributed by atoms with Gasteiger partial charge in [-0.15, -0.1) is 0 Å². The number of allylic oxidation sites excluding steroid dienone is 2. The first-order valence-corrected chi connectivity index (χ1v) is 8.57. The van der Waals surface area contributed by atoms with E-state index in [0.717, 1.165) is 0 Å². The van der Waals surface area contributed by atoms with Gasteiger partial charge in [-0.05, 0) is 19.1 Å². The summed E-state index contributed by atoms with van der Waals surface area (Å²) in [6.07, 6.45) is 5.30. The molecule has 0 bridgehead atoms. The molecule has 11 heteroatoms. The van der Waals surface area contributed by atoms with E-state index in [2.05, 4.69) is 16.4 Å². The average Bonchev–Trinajstić information content (AvgIpc) is 2.47. The van der Waals surface area contributed by atoms with E-state index in [0.29, 0.717) is 0 Å². The van der Waals surface area contributed by atoms with E-state index < -0.39 is 39.2 Å². The number of rotatable bonds is 8. The molecule has 0 rings (SSSR count). The van der Waals surface area contributed by atoms with Crippen molar-refractivity contribution in [3.63, 3.8) is 0 Å². The van der Waals surface area contributed by atoms with Crippen molar-refractivity contribution in [1.29, 1.82) is 0 Å². The molecule has 0 aliphatic carbocycles. The maximum absolute atomic E-state index is 11.0. The number of carbonyl (C=O) groups excluding carboxylic acids is 2. The summed E-state index contributed by atoms with van der Waals surface area (Å²) < 4.78 is 37.0. The van der Waals surface area contributed by atoms with Gasteiger partial charge in [0.15, 0.2) is 0 Å². The van der Waals surface area contributed by atoms with E-state index in [9.17, 15) is 22.8 Å². The fraction of sp³-hybridized carbons (Fsp3) is 0.467. The molecule has 0 aliphatic heterocycles. The van der Waals surface area contributed by atoms with E-state index in [-0.39, 0.29) is 42.8 Å². The molecule has 0 aromatic rings. The van der Waals surface area contributed by atoms with Gasteiger partial charge >= 0.3 is 47.5 Å². The molecule has 0 saturated heterocycles. The van der Waals surface area contributed by atoms with Crippen molar-refractivity contribution >= 4 is 28.0 Å². The minimum absolute atomic E-state index is 0. The molecule has 0 aliphatic rings. The second-order valence-corrected chi connectivity index (χ2v) is 6.46. The Morgan fingerprint density at radius 1 is 1.04 bits per heavy atom. The molecule has 0 aromatic heterocycles. The Labute approximate surface area is 175 Å². The van der Waals surface area contributed by atoms with Gasteiger partial charge in [-0.25, -0.2) is 18.0 Å². The molecule has 0 amide bonds. The Morgan fingerprint density at radius 2 is 1.35 bits per heavy atom. The van der Waals surface area contributed by atoms with Gasteiger partial charge in [0.25, 0.3) is 0 Å². The van der Waals surface area contributed by atoms with Crippen molar-refractivity contribution < 1.29 is 71.5 Å². The monoisotopic (exact) mass is 402 g/mol. The number of carbonyl (C=O) groups is 3. The van der Waals surface area contributed by atoms with E-state index in [4.69, 9.17) is 9.66 Å². The Bertz CT molecular complexity index is 566. The molecule has 0 spiro atoms. The molecule has 0 radical (unpaired) electrons. The number of hydrogen-bond donors (Lipinski definition) is 2. The largest absolute Gasteiger partial charge is 1.00 e. The maximum Gasteiger partial charge on any atom is 1.00 e. The summed E-state index contributed by atoms with van der Waals surface area (Å²) in [5.74, 6) is -3.54. The van der Waals surface area contributed by atoms with Crippen molar-refractivity contribution in [2.24, 2.45) is 5.92 Å². The summed E-state index contributed by atoms with van der Waals surface area (Å²) >= 11 is 0. The summed E-state index contributed by atoms with van der Waals surface area (Å²) in [6, 6.07) is 0. The molecule has 0 aromatic carbocycles. The van der Waals surface area contributed by atoms with Gasteiger partial charge < -0.3 is 21.5 Å². The standard InChI is InChI=1S/C12H16O6.C3H7O3S.Na/c1-3-5-10(13)17-7-9(12(15)16)8-18-11(14)6-4-2;1-3(2)7(4,5)6;/h3-6,9H,7-8H2,1-2H3,(H,15,16);3H,1H2,2H3,(H,4,5,6);/q;-1;+1. The predicted molar refractivity (Wildman–Crippen MR) is 89.0 cm³/mol. The third-order valence-corrected chi connectivity index (χ3v) is 3.33. The molecule has 9 nitrogen and oxygen atoms in total. The topological polar surface area (TPSA) is 144 Å². The molecule has 1 unspecified atom stereocenters. The summed E-state index contributed by atoms with van der Waals surface area (Å²) in [7, 11) is -3.85. The third kappa shape index (κ3) is 17.6. The SMILES string of the molecule is CC=CC(=O)OCC(COC(=O)C=CC)C(=O)O.[CH2-]C(C)S(=O)(=O)O.[Na+]. The fourth-order valence-corrected chi connectivity index (χ4v) is 0.925. The molecule has 1 atom stereocenters. The van der Waals surface area contributed by atoms with Gasteiger partial charge in [0.2, 0.25) is 10.1 Å². The van der Waals surface area contributed by atoms with Crippen molar-refractivity contribution in [2.45, 2.75) is 26.0 Å². The molecular weight excluding hydrogens is 379 g/mol. The fourth-order valence-electron chi connectivity index (χ4n) is 0.925. The van der Waals surface area contributed by atoms with Crippen molar-refractivity contribution in [1.82, 2.24) is 0 Å². The minimum Gasteiger partial charge on any atom is -0.481 e. The van der Waals surface area contributed by atoms with E-state index in [1.807, 2.05) is 0 Å². The van der Waals surface area contributed by atoms with Crippen molar-refractivity contribution in [3.05, 3.63) is 31.2 Å². The minimum atomic E-state index is -3.85. The average molecular weight is 402 g/mol. The van der Waals surface area contributed by atoms with Crippen LogP contribution in [0.1, 0.15) is 20.8 Å². The van der Waals surface area contributed by atoms with Crippen molar-refractivity contribution in [3.8, 4) is 0 Å². The van der Waals surface area contributed by atoms with Gasteiger partial charge in [-0.2, -0.15) is 0 Å². The van der Waals surface area contributed by atoms with E-state index >= 15 is 0 Å². The van der Waals surface area contributed by atoms with Crippen LogP contribution in [0.25, 0.3) is 0 Å². The number of hydrogen-bond acceptors (Lipinski definition) is 7. The number of carboxylic acids is 1. The van der Waals surface area contributed by atoms with Crippen LogP contribution in [0.2, 0.25) is 0 Å². The van der Waals surface area contributed by atoms with Crippen LogP contribution >= 0.6 is 0 Å². The summed E-state index contributed by atoms with van der Waals surface area (Å²) in [6.45, 7) is 6.95. The second-order valence-electron chi connectivity index (χ2n) is 4.62. The third-order valence-electron chi connectivity index (χ3n) is 2.32. The summed E-state index contributed by atoms with van der Waals surface area (Å²) in [5.41, 5.74) is 0. The molecule has 144 valence electrons. The predicted octanol–water partition coefficient (Wildman–Crippen LogP) is -1.97. The Kier molecular flexibility index (Phi) is 18.2. The van der Waals surface area contributed by atoms with Gasteiger partial charge in [-0.1, -0.05) is 19.1 Å². The Hall–Kier alpha value is -1.20. The van der Waals surface area contributed by atoms with Gasteiger partial charge in [0.05, 0.1) is 0 Å².